The molecule has 1 aromatic heterocycles. The van der Waals surface area contributed by atoms with E-state index < -0.39 is 18.3 Å². The van der Waals surface area contributed by atoms with Crippen LogP contribution in [-0.4, -0.2) is 29.0 Å². The standard InChI is InChI=1S/C20H14F3N5O2/c21-20(22,23)12-30-16-9-5-4-8-14(16)11-25-28-19-26-17(13-6-2-1-3-7-13)15(10-24)18(29)27-19/h1-9,11H,12H2,(H2,26,27,28,29). The summed E-state index contributed by atoms with van der Waals surface area (Å²) in [6, 6.07) is 16.5. The highest BCUT2D eigenvalue weighted by atomic mass is 19.4. The van der Waals surface area contributed by atoms with Gasteiger partial charge in [0.2, 0.25) is 5.95 Å². The Labute approximate surface area is 168 Å². The lowest BCUT2D eigenvalue weighted by atomic mass is 10.1. The van der Waals surface area contributed by atoms with Gasteiger partial charge in [-0.25, -0.2) is 10.4 Å². The Kier molecular flexibility index (Phi) is 6.12. The molecule has 152 valence electrons. The van der Waals surface area contributed by atoms with Gasteiger partial charge in [0.15, 0.2) is 6.61 Å². The fourth-order valence-corrected chi connectivity index (χ4v) is 2.48. The summed E-state index contributed by atoms with van der Waals surface area (Å²) in [5.41, 5.74) is 2.73. The summed E-state index contributed by atoms with van der Waals surface area (Å²) in [6.45, 7) is -1.43. The molecule has 0 fully saturated rings. The second-order valence-electron chi connectivity index (χ2n) is 5.93. The smallest absolute Gasteiger partial charge is 0.422 e. The topological polar surface area (TPSA) is 103 Å². The number of rotatable bonds is 6. The van der Waals surface area contributed by atoms with Crippen LogP contribution in [0.4, 0.5) is 19.1 Å². The minimum atomic E-state index is -4.47. The summed E-state index contributed by atoms with van der Waals surface area (Å²) in [5.74, 6) is -0.0468. The van der Waals surface area contributed by atoms with Gasteiger partial charge in [0.05, 0.1) is 11.9 Å². The first-order valence-corrected chi connectivity index (χ1v) is 8.55. The maximum absolute atomic E-state index is 12.4. The molecule has 0 saturated heterocycles. The van der Waals surface area contributed by atoms with E-state index >= 15 is 0 Å². The van der Waals surface area contributed by atoms with E-state index in [1.165, 1.54) is 24.4 Å². The zero-order valence-corrected chi connectivity index (χ0v) is 15.3. The molecule has 10 heteroatoms. The largest absolute Gasteiger partial charge is 0.483 e. The monoisotopic (exact) mass is 413 g/mol. The first-order valence-electron chi connectivity index (χ1n) is 8.55. The zero-order chi connectivity index (χ0) is 21.6. The van der Waals surface area contributed by atoms with Gasteiger partial charge in [0.25, 0.3) is 5.56 Å². The van der Waals surface area contributed by atoms with Gasteiger partial charge in [0, 0.05) is 11.1 Å². The molecule has 0 unspecified atom stereocenters. The fraction of sp³-hybridized carbons (Fsp3) is 0.100. The molecule has 2 aromatic carbocycles. The van der Waals surface area contributed by atoms with E-state index in [9.17, 15) is 23.2 Å². The van der Waals surface area contributed by atoms with E-state index in [4.69, 9.17) is 4.74 Å². The molecule has 0 saturated carbocycles. The number of ether oxygens (including phenoxy) is 1. The number of anilines is 1. The molecule has 0 atom stereocenters. The van der Waals surface area contributed by atoms with Crippen molar-refractivity contribution in [2.24, 2.45) is 5.10 Å². The summed E-state index contributed by atoms with van der Waals surface area (Å²) in [7, 11) is 0. The maximum Gasteiger partial charge on any atom is 0.422 e. The van der Waals surface area contributed by atoms with Gasteiger partial charge in [-0.1, -0.05) is 42.5 Å². The lowest BCUT2D eigenvalue weighted by Gasteiger charge is -2.11. The van der Waals surface area contributed by atoms with Crippen molar-refractivity contribution in [3.63, 3.8) is 0 Å². The lowest BCUT2D eigenvalue weighted by molar-refractivity contribution is -0.153. The first kappa shape index (κ1) is 20.6. The molecule has 0 radical (unpaired) electrons. The van der Waals surface area contributed by atoms with E-state index in [-0.39, 0.29) is 28.5 Å². The number of hydrogen-bond acceptors (Lipinski definition) is 6. The Bertz CT molecular complexity index is 1150. The minimum absolute atomic E-state index is 0.00775. The number of halogens is 3. The van der Waals surface area contributed by atoms with Crippen LogP contribution in [0, 0.1) is 11.3 Å². The molecule has 2 N–H and O–H groups in total. The number of alkyl halides is 3. The average molecular weight is 413 g/mol. The fourth-order valence-electron chi connectivity index (χ4n) is 2.48. The van der Waals surface area contributed by atoms with E-state index in [0.29, 0.717) is 5.56 Å². The number of aromatic amines is 1. The van der Waals surface area contributed by atoms with E-state index in [0.717, 1.165) is 0 Å². The number of nitriles is 1. The molecule has 0 aliphatic rings. The Morgan fingerprint density at radius 2 is 1.87 bits per heavy atom. The number of benzene rings is 2. The molecule has 30 heavy (non-hydrogen) atoms. The van der Waals surface area contributed by atoms with Crippen LogP contribution in [0.3, 0.4) is 0 Å². The van der Waals surface area contributed by atoms with Gasteiger partial charge in [-0.3, -0.25) is 9.78 Å². The molecule has 1 heterocycles. The highest BCUT2D eigenvalue weighted by Crippen LogP contribution is 2.22. The van der Waals surface area contributed by atoms with Crippen LogP contribution in [0.15, 0.2) is 64.5 Å². The first-order chi connectivity index (χ1) is 14.4. The van der Waals surface area contributed by atoms with Crippen molar-refractivity contribution < 1.29 is 17.9 Å². The van der Waals surface area contributed by atoms with Gasteiger partial charge >= 0.3 is 6.18 Å². The predicted molar refractivity (Wildman–Crippen MR) is 104 cm³/mol. The summed E-state index contributed by atoms with van der Waals surface area (Å²) >= 11 is 0. The SMILES string of the molecule is N#Cc1c(-c2ccccc2)nc(NN=Cc2ccccc2OCC(F)(F)F)[nH]c1=O. The Balaban J connectivity index is 1.84. The van der Waals surface area contributed by atoms with E-state index in [1.807, 2.05) is 6.07 Å². The molecule has 0 amide bonds. The van der Waals surface area contributed by atoms with E-state index in [1.54, 1.807) is 36.4 Å². The number of hydrazone groups is 1. The molecule has 0 aliphatic heterocycles. The van der Waals surface area contributed by atoms with Gasteiger partial charge in [-0.15, -0.1) is 0 Å². The van der Waals surface area contributed by atoms with Crippen LogP contribution in [0.5, 0.6) is 5.75 Å². The van der Waals surface area contributed by atoms with Crippen molar-refractivity contribution in [3.05, 3.63) is 76.1 Å². The van der Waals surface area contributed by atoms with Gasteiger partial charge in [0.1, 0.15) is 17.4 Å². The third-order valence-electron chi connectivity index (χ3n) is 3.76. The van der Waals surface area contributed by atoms with Crippen LogP contribution in [0.2, 0.25) is 0 Å². The van der Waals surface area contributed by atoms with Crippen LogP contribution >= 0.6 is 0 Å². The maximum atomic E-state index is 12.4. The Morgan fingerprint density at radius 1 is 1.17 bits per heavy atom. The zero-order valence-electron chi connectivity index (χ0n) is 15.3. The summed E-state index contributed by atoms with van der Waals surface area (Å²) in [6.07, 6.45) is -3.24. The summed E-state index contributed by atoms with van der Waals surface area (Å²) < 4.78 is 41.9. The molecule has 7 nitrogen and oxygen atoms in total. The quantitative estimate of drug-likeness (QED) is 0.474. The molecule has 3 aromatic rings. The third-order valence-corrected chi connectivity index (χ3v) is 3.76. The summed E-state index contributed by atoms with van der Waals surface area (Å²) in [4.78, 5) is 18.8. The molecular weight excluding hydrogens is 399 g/mol. The number of nitrogens with one attached hydrogen (secondary N) is 2. The van der Waals surface area contributed by atoms with E-state index in [2.05, 4.69) is 20.5 Å². The van der Waals surface area contributed by atoms with Crippen molar-refractivity contribution in [1.29, 1.82) is 5.26 Å². The Hall–Kier alpha value is -4.13. The van der Waals surface area contributed by atoms with Gasteiger partial charge < -0.3 is 4.74 Å². The number of aromatic nitrogens is 2. The van der Waals surface area contributed by atoms with Crippen LogP contribution in [0.25, 0.3) is 11.3 Å². The second-order valence-corrected chi connectivity index (χ2v) is 5.93. The number of hydrogen-bond donors (Lipinski definition) is 2. The van der Waals surface area contributed by atoms with Crippen LogP contribution in [-0.2, 0) is 0 Å². The van der Waals surface area contributed by atoms with Crippen molar-refractivity contribution in [2.75, 3.05) is 12.0 Å². The van der Waals surface area contributed by atoms with Crippen LogP contribution < -0.4 is 15.7 Å². The molecular formula is C20H14F3N5O2. The second kappa shape index (κ2) is 8.91. The number of H-pyrrole nitrogens is 1. The molecule has 0 bridgehead atoms. The van der Waals surface area contributed by atoms with Crippen molar-refractivity contribution in [3.8, 4) is 23.1 Å². The predicted octanol–water partition coefficient (Wildman–Crippen LogP) is 3.70. The minimum Gasteiger partial charge on any atom is -0.483 e. The molecule has 0 spiro atoms. The number of nitrogens with zero attached hydrogens (tertiary/aromatic N) is 3. The lowest BCUT2D eigenvalue weighted by Crippen LogP contribution is -2.19. The van der Waals surface area contributed by atoms with Crippen LogP contribution in [0.1, 0.15) is 11.1 Å². The van der Waals surface area contributed by atoms with Crippen molar-refractivity contribution >= 4 is 12.2 Å². The average Bonchev–Trinajstić information content (AvgIpc) is 2.73. The van der Waals surface area contributed by atoms with Crippen molar-refractivity contribution in [1.82, 2.24) is 9.97 Å². The highest BCUT2D eigenvalue weighted by Gasteiger charge is 2.28. The Morgan fingerprint density at radius 3 is 2.57 bits per heavy atom. The third kappa shape index (κ3) is 5.23. The summed E-state index contributed by atoms with van der Waals surface area (Å²) in [5, 5.41) is 13.2. The number of para-hydroxylation sites is 1. The normalized spacial score (nSPS) is 11.3. The van der Waals surface area contributed by atoms with Crippen molar-refractivity contribution in [2.45, 2.75) is 6.18 Å². The molecule has 0 aliphatic carbocycles. The highest BCUT2D eigenvalue weighted by molar-refractivity contribution is 5.83. The molecule has 3 rings (SSSR count). The van der Waals surface area contributed by atoms with Gasteiger partial charge in [-0.05, 0) is 12.1 Å². The van der Waals surface area contributed by atoms with Gasteiger partial charge in [-0.2, -0.15) is 23.5 Å².